The van der Waals surface area contributed by atoms with Gasteiger partial charge in [-0.15, -0.1) is 0 Å². The van der Waals surface area contributed by atoms with Gasteiger partial charge < -0.3 is 25.0 Å². The molecular formula is C26H32N4O5. The van der Waals surface area contributed by atoms with Gasteiger partial charge in [-0.25, -0.2) is 9.59 Å². The van der Waals surface area contributed by atoms with Crippen molar-refractivity contribution in [2.24, 2.45) is 5.92 Å². The molecule has 0 radical (unpaired) electrons. The predicted octanol–water partition coefficient (Wildman–Crippen LogP) is 4.65. The Morgan fingerprint density at radius 2 is 1.80 bits per heavy atom. The predicted molar refractivity (Wildman–Crippen MR) is 131 cm³/mol. The fraction of sp³-hybridized carbons (Fsp3) is 0.462. The van der Waals surface area contributed by atoms with Gasteiger partial charge in [0.25, 0.3) is 0 Å². The molecule has 1 aliphatic carbocycles. The minimum absolute atomic E-state index is 0.105. The van der Waals surface area contributed by atoms with E-state index in [0.29, 0.717) is 43.2 Å². The van der Waals surface area contributed by atoms with Crippen molar-refractivity contribution in [3.05, 3.63) is 53.3 Å². The molecule has 9 heteroatoms. The van der Waals surface area contributed by atoms with Gasteiger partial charge in [0.05, 0.1) is 19.0 Å². The van der Waals surface area contributed by atoms with Crippen LogP contribution in [0, 0.1) is 12.8 Å². The number of benzene rings is 1. The highest BCUT2D eigenvalue weighted by atomic mass is 16.6. The fourth-order valence-corrected chi connectivity index (χ4v) is 4.69. The molecular weight excluding hydrogens is 448 g/mol. The van der Waals surface area contributed by atoms with Gasteiger partial charge in [-0.05, 0) is 79.8 Å². The number of fused-ring (bicyclic) bond motifs is 1. The molecule has 35 heavy (non-hydrogen) atoms. The molecule has 1 aliphatic heterocycles. The van der Waals surface area contributed by atoms with Gasteiger partial charge in [0.2, 0.25) is 0 Å². The molecule has 0 bridgehead atoms. The topological polar surface area (TPSA) is 110 Å². The molecule has 1 aromatic carbocycles. The average Bonchev–Trinajstić information content (AvgIpc) is 2.84. The Hall–Kier alpha value is -3.62. The second-order valence-corrected chi connectivity index (χ2v) is 9.29. The van der Waals surface area contributed by atoms with E-state index >= 15 is 0 Å². The molecule has 3 amide bonds. The molecule has 0 saturated heterocycles. The van der Waals surface area contributed by atoms with Crippen molar-refractivity contribution in [2.75, 3.05) is 24.3 Å². The van der Waals surface area contributed by atoms with E-state index in [0.717, 1.165) is 42.4 Å². The zero-order chi connectivity index (χ0) is 24.8. The molecule has 2 heterocycles. The lowest BCUT2D eigenvalue weighted by Gasteiger charge is -2.32. The molecule has 1 saturated carbocycles. The number of carbonyl (C=O) groups excluding carboxylic acids is 3. The van der Waals surface area contributed by atoms with Crippen molar-refractivity contribution in [3.63, 3.8) is 0 Å². The smallest absolute Gasteiger partial charge is 0.410 e. The Balaban J connectivity index is 1.26. The fourth-order valence-electron chi connectivity index (χ4n) is 4.69. The minimum Gasteiger partial charge on any atom is -0.469 e. The van der Waals surface area contributed by atoms with Gasteiger partial charge in [-0.2, -0.15) is 0 Å². The van der Waals surface area contributed by atoms with Gasteiger partial charge in [0.1, 0.15) is 6.10 Å². The number of carbonyl (C=O) groups is 3. The number of amides is 3. The van der Waals surface area contributed by atoms with Crippen LogP contribution in [-0.2, 0) is 27.2 Å². The average molecular weight is 481 g/mol. The van der Waals surface area contributed by atoms with Crippen LogP contribution in [0.2, 0.25) is 0 Å². The van der Waals surface area contributed by atoms with Crippen molar-refractivity contribution in [1.29, 1.82) is 0 Å². The minimum atomic E-state index is -0.334. The number of methoxy groups -OCH3 is 1. The van der Waals surface area contributed by atoms with Crippen LogP contribution in [0.15, 0.2) is 36.7 Å². The molecule has 2 aromatic rings. The number of urea groups is 1. The second kappa shape index (κ2) is 11.2. The first-order valence-electron chi connectivity index (χ1n) is 12.0. The van der Waals surface area contributed by atoms with E-state index in [9.17, 15) is 14.4 Å². The molecule has 0 spiro atoms. The number of ether oxygens (including phenoxy) is 2. The largest absolute Gasteiger partial charge is 0.469 e. The normalized spacial score (nSPS) is 19.3. The number of rotatable bonds is 5. The number of nitrogens with zero attached hydrogens (tertiary/aromatic N) is 2. The van der Waals surface area contributed by atoms with Gasteiger partial charge in [0.15, 0.2) is 0 Å². The summed E-state index contributed by atoms with van der Waals surface area (Å²) < 4.78 is 10.5. The number of aryl methyl sites for hydroxylation is 1. The maximum Gasteiger partial charge on any atom is 0.410 e. The zero-order valence-electron chi connectivity index (χ0n) is 20.2. The highest BCUT2D eigenvalue weighted by molar-refractivity contribution is 5.99. The Labute approximate surface area is 205 Å². The van der Waals surface area contributed by atoms with Gasteiger partial charge in [0, 0.05) is 31.4 Å². The molecule has 9 nitrogen and oxygen atoms in total. The molecule has 2 aliphatic rings. The SMILES string of the molecule is COC(=O)CC1CCC(OC(=O)N2CCc3cc(NC(=O)Nc4cncc(C)c4)ccc3C2)CC1. The van der Waals surface area contributed by atoms with Gasteiger partial charge >= 0.3 is 18.1 Å². The summed E-state index contributed by atoms with van der Waals surface area (Å²) in [6, 6.07) is 7.25. The first kappa shape index (κ1) is 24.5. The first-order chi connectivity index (χ1) is 16.9. The summed E-state index contributed by atoms with van der Waals surface area (Å²) in [5.74, 6) is 0.123. The lowest BCUT2D eigenvalue weighted by molar-refractivity contribution is -0.142. The molecule has 2 N–H and O–H groups in total. The summed E-state index contributed by atoms with van der Waals surface area (Å²) in [6.07, 6.45) is 7.31. The Kier molecular flexibility index (Phi) is 7.84. The molecule has 0 atom stereocenters. The lowest BCUT2D eigenvalue weighted by atomic mass is 9.85. The van der Waals surface area contributed by atoms with Crippen molar-refractivity contribution in [1.82, 2.24) is 9.88 Å². The van der Waals surface area contributed by atoms with Crippen molar-refractivity contribution in [2.45, 2.75) is 58.1 Å². The van der Waals surface area contributed by atoms with Crippen molar-refractivity contribution >= 4 is 29.5 Å². The molecule has 1 aromatic heterocycles. The number of aromatic nitrogens is 1. The van der Waals surface area contributed by atoms with Crippen LogP contribution in [-0.4, -0.2) is 47.7 Å². The van der Waals surface area contributed by atoms with E-state index in [1.165, 1.54) is 7.11 Å². The molecule has 4 rings (SSSR count). The van der Waals surface area contributed by atoms with Crippen LogP contribution >= 0.6 is 0 Å². The number of esters is 1. The maximum atomic E-state index is 12.8. The van der Waals surface area contributed by atoms with Gasteiger partial charge in [-0.3, -0.25) is 9.78 Å². The van der Waals surface area contributed by atoms with E-state index in [4.69, 9.17) is 9.47 Å². The Morgan fingerprint density at radius 1 is 1.03 bits per heavy atom. The first-order valence-corrected chi connectivity index (χ1v) is 12.0. The molecule has 186 valence electrons. The van der Waals surface area contributed by atoms with E-state index in [1.54, 1.807) is 17.3 Å². The summed E-state index contributed by atoms with van der Waals surface area (Å²) in [5, 5.41) is 5.64. The lowest BCUT2D eigenvalue weighted by Crippen LogP contribution is -2.39. The van der Waals surface area contributed by atoms with Crippen LogP contribution in [0.5, 0.6) is 0 Å². The van der Waals surface area contributed by atoms with Crippen LogP contribution in [0.1, 0.15) is 48.8 Å². The summed E-state index contributed by atoms with van der Waals surface area (Å²) in [5.41, 5.74) is 4.44. The van der Waals surface area contributed by atoms with Crippen LogP contribution in [0.4, 0.5) is 21.0 Å². The molecule has 0 unspecified atom stereocenters. The molecule has 1 fully saturated rings. The highest BCUT2D eigenvalue weighted by Gasteiger charge is 2.29. The number of hydrogen-bond acceptors (Lipinski definition) is 6. The van der Waals surface area contributed by atoms with Crippen molar-refractivity contribution < 1.29 is 23.9 Å². The third-order valence-corrected chi connectivity index (χ3v) is 6.61. The number of pyridine rings is 1. The summed E-state index contributed by atoms with van der Waals surface area (Å²) in [7, 11) is 1.41. The van der Waals surface area contributed by atoms with E-state index in [2.05, 4.69) is 15.6 Å². The van der Waals surface area contributed by atoms with Gasteiger partial charge in [-0.1, -0.05) is 6.07 Å². The number of nitrogens with one attached hydrogen (secondary N) is 2. The monoisotopic (exact) mass is 480 g/mol. The van der Waals surface area contributed by atoms with E-state index in [1.807, 2.05) is 31.2 Å². The third-order valence-electron chi connectivity index (χ3n) is 6.61. The zero-order valence-corrected chi connectivity index (χ0v) is 20.2. The standard InChI is InChI=1S/C26H32N4O5/c1-17-11-22(15-27-14-17)29-25(32)28-21-6-5-20-16-30(10-9-19(20)13-21)26(33)35-23-7-3-18(4-8-23)12-24(31)34-2/h5-6,11,13-15,18,23H,3-4,7-10,12,16H2,1-2H3,(H2,28,29,32). The summed E-state index contributed by atoms with van der Waals surface area (Å²) in [4.78, 5) is 42.4. The van der Waals surface area contributed by atoms with Crippen LogP contribution in [0.3, 0.4) is 0 Å². The number of anilines is 2. The summed E-state index contributed by atoms with van der Waals surface area (Å²) >= 11 is 0. The number of hydrogen-bond donors (Lipinski definition) is 2. The van der Waals surface area contributed by atoms with Crippen LogP contribution < -0.4 is 10.6 Å². The van der Waals surface area contributed by atoms with E-state index in [-0.39, 0.29) is 24.2 Å². The Morgan fingerprint density at radius 3 is 2.54 bits per heavy atom. The maximum absolute atomic E-state index is 12.8. The second-order valence-electron chi connectivity index (χ2n) is 9.29. The summed E-state index contributed by atoms with van der Waals surface area (Å²) in [6.45, 7) is 2.96. The highest BCUT2D eigenvalue weighted by Crippen LogP contribution is 2.30. The van der Waals surface area contributed by atoms with E-state index < -0.39 is 0 Å². The third kappa shape index (κ3) is 6.71. The Bertz CT molecular complexity index is 1080. The van der Waals surface area contributed by atoms with Crippen molar-refractivity contribution in [3.8, 4) is 0 Å². The van der Waals surface area contributed by atoms with Crippen LogP contribution in [0.25, 0.3) is 0 Å². The quantitative estimate of drug-likeness (QED) is 0.603.